The van der Waals surface area contributed by atoms with Gasteiger partial charge < -0.3 is 4.90 Å². The van der Waals surface area contributed by atoms with Crippen molar-refractivity contribution in [2.75, 3.05) is 32.1 Å². The molecule has 0 bridgehead atoms. The molecular formula is C21H18F7N3OS. The van der Waals surface area contributed by atoms with Crippen molar-refractivity contribution < 1.29 is 35.5 Å². The van der Waals surface area contributed by atoms with Crippen LogP contribution >= 0.6 is 11.3 Å². The summed E-state index contributed by atoms with van der Waals surface area (Å²) in [6, 6.07) is 4.86. The van der Waals surface area contributed by atoms with Gasteiger partial charge in [-0.25, -0.2) is 9.37 Å². The number of carbonyl (C=O) groups excluding carboxylic acids is 1. The highest BCUT2D eigenvalue weighted by Crippen LogP contribution is 2.37. The molecule has 0 aliphatic carbocycles. The molecule has 0 radical (unpaired) electrons. The minimum Gasteiger partial charge on any atom is -0.309 e. The van der Waals surface area contributed by atoms with Crippen LogP contribution in [0.2, 0.25) is 0 Å². The van der Waals surface area contributed by atoms with E-state index in [0.717, 1.165) is 22.3 Å². The van der Waals surface area contributed by atoms with Crippen LogP contribution in [0.1, 0.15) is 27.9 Å². The normalized spacial score (nSPS) is 12.5. The van der Waals surface area contributed by atoms with E-state index in [4.69, 9.17) is 0 Å². The Bertz CT molecular complexity index is 1120. The van der Waals surface area contributed by atoms with Crippen LogP contribution in [-0.2, 0) is 12.4 Å². The van der Waals surface area contributed by atoms with E-state index < -0.39 is 40.8 Å². The SMILES string of the molecule is CN(C)CCCN(C(=O)c1cc(C(F)(F)F)cc(C(F)(F)F)c1)c1nc2c(F)cccc2s1. The van der Waals surface area contributed by atoms with E-state index in [2.05, 4.69) is 4.98 Å². The number of benzene rings is 2. The number of nitrogens with zero attached hydrogens (tertiary/aromatic N) is 3. The molecule has 0 atom stereocenters. The molecule has 33 heavy (non-hydrogen) atoms. The first kappa shape index (κ1) is 24.9. The smallest absolute Gasteiger partial charge is 0.309 e. The van der Waals surface area contributed by atoms with Gasteiger partial charge in [0.25, 0.3) is 5.91 Å². The monoisotopic (exact) mass is 493 g/mol. The molecule has 0 saturated heterocycles. The summed E-state index contributed by atoms with van der Waals surface area (Å²) in [6.07, 6.45) is -9.84. The first-order chi connectivity index (χ1) is 15.3. The lowest BCUT2D eigenvalue weighted by Crippen LogP contribution is -2.34. The number of carbonyl (C=O) groups is 1. The number of thiazole rings is 1. The van der Waals surface area contributed by atoms with E-state index in [1.165, 1.54) is 6.07 Å². The number of alkyl halides is 6. The molecular weight excluding hydrogens is 475 g/mol. The lowest BCUT2D eigenvalue weighted by molar-refractivity contribution is -0.143. The third-order valence-electron chi connectivity index (χ3n) is 4.66. The third-order valence-corrected chi connectivity index (χ3v) is 5.70. The Kier molecular flexibility index (Phi) is 6.99. The molecule has 3 aromatic rings. The Morgan fingerprint density at radius 3 is 2.09 bits per heavy atom. The fraction of sp³-hybridized carbons (Fsp3) is 0.333. The number of hydrogen-bond acceptors (Lipinski definition) is 4. The Labute approximate surface area is 188 Å². The number of para-hydroxylation sites is 1. The minimum atomic E-state index is -5.09. The van der Waals surface area contributed by atoms with Crippen molar-refractivity contribution in [3.05, 3.63) is 58.9 Å². The predicted molar refractivity (Wildman–Crippen MR) is 111 cm³/mol. The number of hydrogen-bond donors (Lipinski definition) is 0. The maximum atomic E-state index is 14.1. The zero-order chi connectivity index (χ0) is 24.6. The molecule has 1 amide bonds. The zero-order valence-electron chi connectivity index (χ0n) is 17.4. The number of fused-ring (bicyclic) bond motifs is 1. The molecule has 0 saturated carbocycles. The average Bonchev–Trinajstić information content (AvgIpc) is 3.14. The Balaban J connectivity index is 2.09. The van der Waals surface area contributed by atoms with E-state index in [1.54, 1.807) is 25.1 Å². The topological polar surface area (TPSA) is 36.4 Å². The highest BCUT2D eigenvalue weighted by Gasteiger charge is 2.38. The maximum absolute atomic E-state index is 14.1. The summed E-state index contributed by atoms with van der Waals surface area (Å²) in [6.45, 7) is 0.440. The molecule has 0 aliphatic rings. The van der Waals surface area contributed by atoms with E-state index in [-0.39, 0.29) is 23.3 Å². The molecule has 12 heteroatoms. The zero-order valence-corrected chi connectivity index (χ0v) is 18.2. The summed E-state index contributed by atoms with van der Waals surface area (Å²) in [5, 5.41) is -0.0233. The molecule has 1 heterocycles. The molecule has 178 valence electrons. The largest absolute Gasteiger partial charge is 0.416 e. The predicted octanol–water partition coefficient (Wildman–Crippen LogP) is 6.07. The van der Waals surface area contributed by atoms with Crippen molar-refractivity contribution >= 4 is 32.6 Å². The first-order valence-electron chi connectivity index (χ1n) is 9.58. The van der Waals surface area contributed by atoms with Gasteiger partial charge in [-0.1, -0.05) is 17.4 Å². The van der Waals surface area contributed by atoms with E-state index in [0.29, 0.717) is 29.8 Å². The second-order valence-electron chi connectivity index (χ2n) is 7.49. The van der Waals surface area contributed by atoms with Crippen molar-refractivity contribution in [2.45, 2.75) is 18.8 Å². The van der Waals surface area contributed by atoms with Gasteiger partial charge in [-0.3, -0.25) is 9.69 Å². The van der Waals surface area contributed by atoms with Crippen LogP contribution in [0.25, 0.3) is 10.2 Å². The quantitative estimate of drug-likeness (QED) is 0.391. The second-order valence-corrected chi connectivity index (χ2v) is 8.50. The van der Waals surface area contributed by atoms with Gasteiger partial charge in [0, 0.05) is 12.1 Å². The molecule has 0 N–H and O–H groups in total. The minimum absolute atomic E-state index is 0.0233. The van der Waals surface area contributed by atoms with Crippen LogP contribution in [0.3, 0.4) is 0 Å². The van der Waals surface area contributed by atoms with Crippen LogP contribution in [-0.4, -0.2) is 43.0 Å². The van der Waals surface area contributed by atoms with Gasteiger partial charge in [-0.05, 0) is 57.4 Å². The number of anilines is 1. The molecule has 0 fully saturated rings. The average molecular weight is 493 g/mol. The van der Waals surface area contributed by atoms with Crippen LogP contribution in [0.5, 0.6) is 0 Å². The number of aromatic nitrogens is 1. The van der Waals surface area contributed by atoms with Gasteiger partial charge in [0.05, 0.1) is 15.8 Å². The third kappa shape index (κ3) is 5.80. The second kappa shape index (κ2) is 9.26. The fourth-order valence-corrected chi connectivity index (χ4v) is 4.09. The van der Waals surface area contributed by atoms with E-state index >= 15 is 0 Å². The van der Waals surface area contributed by atoms with Gasteiger partial charge in [0.1, 0.15) is 11.3 Å². The summed E-state index contributed by atoms with van der Waals surface area (Å²) in [5.41, 5.74) is -4.02. The first-order valence-corrected chi connectivity index (χ1v) is 10.4. The highest BCUT2D eigenvalue weighted by atomic mass is 32.1. The van der Waals surface area contributed by atoms with Crippen LogP contribution in [0.4, 0.5) is 35.9 Å². The summed E-state index contributed by atoms with van der Waals surface area (Å²) < 4.78 is 94.0. The van der Waals surface area contributed by atoms with Gasteiger partial charge in [-0.2, -0.15) is 26.3 Å². The van der Waals surface area contributed by atoms with Crippen molar-refractivity contribution in [2.24, 2.45) is 0 Å². The fourth-order valence-electron chi connectivity index (χ4n) is 3.08. The highest BCUT2D eigenvalue weighted by molar-refractivity contribution is 7.22. The lowest BCUT2D eigenvalue weighted by atomic mass is 10.0. The molecule has 0 aliphatic heterocycles. The molecule has 0 spiro atoms. The van der Waals surface area contributed by atoms with Crippen LogP contribution in [0, 0.1) is 5.82 Å². The molecule has 4 nitrogen and oxygen atoms in total. The summed E-state index contributed by atoms with van der Waals surface area (Å²) >= 11 is 0.917. The number of amides is 1. The molecule has 1 aromatic heterocycles. The van der Waals surface area contributed by atoms with Crippen molar-refractivity contribution in [3.8, 4) is 0 Å². The van der Waals surface area contributed by atoms with Gasteiger partial charge in [0.2, 0.25) is 0 Å². The molecule has 0 unspecified atom stereocenters. The van der Waals surface area contributed by atoms with Gasteiger partial charge in [-0.15, -0.1) is 0 Å². The maximum Gasteiger partial charge on any atom is 0.416 e. The van der Waals surface area contributed by atoms with Crippen molar-refractivity contribution in [3.63, 3.8) is 0 Å². The Morgan fingerprint density at radius 2 is 1.58 bits per heavy atom. The van der Waals surface area contributed by atoms with Crippen LogP contribution in [0.15, 0.2) is 36.4 Å². The Hall–Kier alpha value is -2.73. The Morgan fingerprint density at radius 1 is 0.970 bits per heavy atom. The van der Waals surface area contributed by atoms with Crippen LogP contribution < -0.4 is 4.90 Å². The standard InChI is InChI=1S/C21H18F7N3OS/c1-30(2)7-4-8-31(19-29-17-15(22)5-3-6-16(17)33-19)18(32)12-9-13(20(23,24)25)11-14(10-12)21(26,27)28/h3,5-6,9-11H,4,7-8H2,1-2H3. The van der Waals surface area contributed by atoms with Gasteiger partial charge >= 0.3 is 12.4 Å². The van der Waals surface area contributed by atoms with Gasteiger partial charge in [0.15, 0.2) is 5.13 Å². The molecule has 3 rings (SSSR count). The molecule has 2 aromatic carbocycles. The number of halogens is 7. The van der Waals surface area contributed by atoms with Crippen molar-refractivity contribution in [1.82, 2.24) is 9.88 Å². The van der Waals surface area contributed by atoms with E-state index in [1.807, 2.05) is 0 Å². The van der Waals surface area contributed by atoms with E-state index in [9.17, 15) is 35.5 Å². The summed E-state index contributed by atoms with van der Waals surface area (Å²) in [4.78, 5) is 20.1. The summed E-state index contributed by atoms with van der Waals surface area (Å²) in [7, 11) is 3.53. The summed E-state index contributed by atoms with van der Waals surface area (Å²) in [5.74, 6) is -1.75. The number of rotatable bonds is 6. The lowest BCUT2D eigenvalue weighted by Gasteiger charge is -2.22. The van der Waals surface area contributed by atoms with Crippen molar-refractivity contribution in [1.29, 1.82) is 0 Å².